The van der Waals surface area contributed by atoms with Crippen molar-refractivity contribution in [2.24, 2.45) is 0 Å². The predicted octanol–water partition coefficient (Wildman–Crippen LogP) is 3.35. The van der Waals surface area contributed by atoms with Gasteiger partial charge in [-0.05, 0) is 37.4 Å². The lowest BCUT2D eigenvalue weighted by molar-refractivity contribution is 0.312. The molecule has 0 N–H and O–H groups in total. The molecule has 1 saturated heterocycles. The summed E-state index contributed by atoms with van der Waals surface area (Å²) >= 11 is 0. The maximum Gasteiger partial charge on any atom is 0.163 e. The van der Waals surface area contributed by atoms with Crippen LogP contribution < -0.4 is 4.90 Å². The third-order valence-electron chi connectivity index (χ3n) is 5.44. The van der Waals surface area contributed by atoms with E-state index in [9.17, 15) is 4.39 Å². The van der Waals surface area contributed by atoms with Gasteiger partial charge >= 0.3 is 0 Å². The minimum atomic E-state index is -0.282. The molecule has 5 rings (SSSR count). The molecule has 1 fully saturated rings. The fourth-order valence-electron chi connectivity index (χ4n) is 3.74. The molecule has 1 aromatic carbocycles. The molecule has 0 saturated carbocycles. The third kappa shape index (κ3) is 3.23. The van der Waals surface area contributed by atoms with Crippen molar-refractivity contribution >= 4 is 11.5 Å². The highest BCUT2D eigenvalue weighted by molar-refractivity contribution is 5.79. The molecular weight excluding hydrogens is 367 g/mol. The maximum absolute atomic E-state index is 14.3. The first-order valence-corrected chi connectivity index (χ1v) is 9.68. The molecule has 0 radical (unpaired) electrons. The zero-order chi connectivity index (χ0) is 19.8. The molecule has 7 heteroatoms. The number of nitrogens with zero attached hydrogens (tertiary/aromatic N) is 6. The van der Waals surface area contributed by atoms with Crippen molar-refractivity contribution in [2.75, 3.05) is 38.1 Å². The first kappa shape index (κ1) is 17.8. The van der Waals surface area contributed by atoms with Gasteiger partial charge in [-0.15, -0.1) is 0 Å². The number of benzene rings is 1. The van der Waals surface area contributed by atoms with Crippen LogP contribution in [-0.2, 0) is 0 Å². The fraction of sp³-hybridized carbons (Fsp3) is 0.227. The lowest BCUT2D eigenvalue weighted by Crippen LogP contribution is -2.44. The molecule has 0 bridgehead atoms. The number of aromatic nitrogens is 4. The van der Waals surface area contributed by atoms with Crippen molar-refractivity contribution in [1.29, 1.82) is 0 Å². The summed E-state index contributed by atoms with van der Waals surface area (Å²) < 4.78 is 16.0. The number of rotatable bonds is 3. The second-order valence-electron chi connectivity index (χ2n) is 7.30. The van der Waals surface area contributed by atoms with Crippen LogP contribution in [0.15, 0.2) is 61.1 Å². The van der Waals surface area contributed by atoms with Gasteiger partial charge in [-0.1, -0.05) is 12.1 Å². The summed E-state index contributed by atoms with van der Waals surface area (Å²) in [5, 5.41) is 4.48. The molecule has 0 unspecified atom stereocenters. The Morgan fingerprint density at radius 1 is 0.862 bits per heavy atom. The zero-order valence-electron chi connectivity index (χ0n) is 16.2. The molecule has 1 aliphatic rings. The van der Waals surface area contributed by atoms with Crippen LogP contribution in [-0.4, -0.2) is 57.7 Å². The second-order valence-corrected chi connectivity index (χ2v) is 7.30. The Bertz CT molecular complexity index is 1150. The van der Waals surface area contributed by atoms with Gasteiger partial charge in [0, 0.05) is 55.3 Å². The fourth-order valence-corrected chi connectivity index (χ4v) is 3.74. The number of fused-ring (bicyclic) bond motifs is 1. The van der Waals surface area contributed by atoms with Crippen LogP contribution in [0.2, 0.25) is 0 Å². The summed E-state index contributed by atoms with van der Waals surface area (Å²) in [6.07, 6.45) is 5.32. The molecular formula is C22H21FN6. The largest absolute Gasteiger partial charge is 0.354 e. The van der Waals surface area contributed by atoms with E-state index in [2.05, 4.69) is 38.0 Å². The number of piperazine rings is 1. The van der Waals surface area contributed by atoms with Crippen LogP contribution in [0.1, 0.15) is 0 Å². The van der Waals surface area contributed by atoms with Gasteiger partial charge in [-0.3, -0.25) is 0 Å². The van der Waals surface area contributed by atoms with Gasteiger partial charge in [0.1, 0.15) is 11.6 Å². The zero-order valence-corrected chi connectivity index (χ0v) is 16.2. The van der Waals surface area contributed by atoms with Crippen molar-refractivity contribution < 1.29 is 4.39 Å². The van der Waals surface area contributed by atoms with Crippen LogP contribution in [0.25, 0.3) is 28.0 Å². The van der Waals surface area contributed by atoms with E-state index in [1.165, 1.54) is 6.07 Å². The number of likely N-dealkylation sites (N-methyl/N-ethyl adjacent to an activating group) is 1. The van der Waals surface area contributed by atoms with Crippen LogP contribution in [0.3, 0.4) is 0 Å². The smallest absolute Gasteiger partial charge is 0.163 e. The van der Waals surface area contributed by atoms with Gasteiger partial charge in [-0.25, -0.2) is 18.9 Å². The van der Waals surface area contributed by atoms with Gasteiger partial charge in [-0.2, -0.15) is 5.10 Å². The minimum absolute atomic E-state index is 0.282. The van der Waals surface area contributed by atoms with E-state index < -0.39 is 0 Å². The highest BCUT2D eigenvalue weighted by Gasteiger charge is 2.17. The first-order valence-electron chi connectivity index (χ1n) is 9.68. The molecule has 146 valence electrons. The summed E-state index contributed by atoms with van der Waals surface area (Å²) in [7, 11) is 2.14. The van der Waals surface area contributed by atoms with Gasteiger partial charge in [0.25, 0.3) is 0 Å². The molecule has 0 spiro atoms. The Balaban J connectivity index is 1.50. The Hall–Kier alpha value is -3.32. The SMILES string of the molecule is CN1CCN(c2ccc(-c3cnn4c(-c5ccccc5F)ccnc34)cn2)CC1. The average molecular weight is 388 g/mol. The lowest BCUT2D eigenvalue weighted by Gasteiger charge is -2.33. The van der Waals surface area contributed by atoms with Crippen LogP contribution in [0, 0.1) is 5.82 Å². The molecule has 4 aromatic rings. The molecule has 6 nitrogen and oxygen atoms in total. The second kappa shape index (κ2) is 7.25. The molecule has 0 atom stereocenters. The Labute approximate surface area is 168 Å². The van der Waals surface area contributed by atoms with Crippen molar-refractivity contribution in [3.63, 3.8) is 0 Å². The Morgan fingerprint density at radius 2 is 1.69 bits per heavy atom. The summed E-state index contributed by atoms with van der Waals surface area (Å²) in [4.78, 5) is 13.8. The molecule has 3 aromatic heterocycles. The quantitative estimate of drug-likeness (QED) is 0.539. The van der Waals surface area contributed by atoms with Crippen molar-refractivity contribution in [3.8, 4) is 22.4 Å². The number of anilines is 1. The van der Waals surface area contributed by atoms with Crippen LogP contribution in [0.5, 0.6) is 0 Å². The van der Waals surface area contributed by atoms with Crippen molar-refractivity contribution in [1.82, 2.24) is 24.5 Å². The molecule has 29 heavy (non-hydrogen) atoms. The van der Waals surface area contributed by atoms with Crippen molar-refractivity contribution in [3.05, 3.63) is 66.9 Å². The number of hydrogen-bond donors (Lipinski definition) is 0. The summed E-state index contributed by atoms with van der Waals surface area (Å²) in [5.41, 5.74) is 3.66. The normalized spacial score (nSPS) is 15.2. The standard InChI is InChI=1S/C22H21FN6/c1-27-10-12-28(13-11-27)21-7-6-16(14-25-21)18-15-26-29-20(8-9-24-22(18)29)17-4-2-3-5-19(17)23/h2-9,14-15H,10-13H2,1H3. The summed E-state index contributed by atoms with van der Waals surface area (Å²) in [6, 6.07) is 12.6. The molecule has 0 aliphatic carbocycles. The van der Waals surface area contributed by atoms with Crippen molar-refractivity contribution in [2.45, 2.75) is 0 Å². The van der Waals surface area contributed by atoms with Gasteiger partial charge in [0.15, 0.2) is 5.65 Å². The minimum Gasteiger partial charge on any atom is -0.354 e. The van der Waals surface area contributed by atoms with Gasteiger partial charge in [0.05, 0.1) is 11.9 Å². The maximum atomic E-state index is 14.3. The third-order valence-corrected chi connectivity index (χ3v) is 5.44. The predicted molar refractivity (Wildman–Crippen MR) is 111 cm³/mol. The first-order chi connectivity index (χ1) is 14.2. The molecule has 0 amide bonds. The van der Waals surface area contributed by atoms with E-state index in [4.69, 9.17) is 0 Å². The number of hydrogen-bond acceptors (Lipinski definition) is 5. The molecule has 1 aliphatic heterocycles. The van der Waals surface area contributed by atoms with Gasteiger partial charge < -0.3 is 9.80 Å². The topological polar surface area (TPSA) is 49.6 Å². The highest BCUT2D eigenvalue weighted by atomic mass is 19.1. The van der Waals surface area contributed by atoms with E-state index >= 15 is 0 Å². The lowest BCUT2D eigenvalue weighted by atomic mass is 10.1. The number of pyridine rings is 1. The number of halogens is 1. The van der Waals surface area contributed by atoms with Gasteiger partial charge in [0.2, 0.25) is 0 Å². The summed E-state index contributed by atoms with van der Waals surface area (Å²) in [5.74, 6) is 0.702. The Kier molecular flexibility index (Phi) is 4.44. The van der Waals surface area contributed by atoms with E-state index in [0.29, 0.717) is 16.9 Å². The average Bonchev–Trinajstić information content (AvgIpc) is 3.19. The molecule has 4 heterocycles. The van der Waals surface area contributed by atoms with E-state index in [1.54, 1.807) is 35.1 Å². The summed E-state index contributed by atoms with van der Waals surface area (Å²) in [6.45, 7) is 4.04. The van der Waals surface area contributed by atoms with E-state index in [1.807, 2.05) is 18.3 Å². The highest BCUT2D eigenvalue weighted by Crippen LogP contribution is 2.28. The van der Waals surface area contributed by atoms with Crippen LogP contribution >= 0.6 is 0 Å². The van der Waals surface area contributed by atoms with E-state index in [0.717, 1.165) is 43.1 Å². The van der Waals surface area contributed by atoms with E-state index in [-0.39, 0.29) is 5.82 Å². The Morgan fingerprint density at radius 3 is 2.45 bits per heavy atom. The monoisotopic (exact) mass is 388 g/mol. The van der Waals surface area contributed by atoms with Crippen LogP contribution in [0.4, 0.5) is 10.2 Å².